The van der Waals surface area contributed by atoms with Crippen LogP contribution in [0.15, 0.2) is 42.5 Å². The molecule has 0 atom stereocenters. The van der Waals surface area contributed by atoms with Gasteiger partial charge < -0.3 is 11.1 Å². The van der Waals surface area contributed by atoms with Crippen molar-refractivity contribution in [2.24, 2.45) is 0 Å². The van der Waals surface area contributed by atoms with Gasteiger partial charge in [-0.3, -0.25) is 4.79 Å². The van der Waals surface area contributed by atoms with Crippen molar-refractivity contribution < 1.29 is 4.79 Å². The highest BCUT2D eigenvalue weighted by molar-refractivity contribution is 5.99. The van der Waals surface area contributed by atoms with Gasteiger partial charge in [-0.25, -0.2) is 0 Å². The van der Waals surface area contributed by atoms with Crippen molar-refractivity contribution in [2.75, 3.05) is 5.73 Å². The minimum Gasteiger partial charge on any atom is -0.398 e. The molecule has 0 radical (unpaired) electrons. The van der Waals surface area contributed by atoms with E-state index in [9.17, 15) is 4.79 Å². The van der Waals surface area contributed by atoms with Crippen LogP contribution in [0, 0.1) is 13.8 Å². The molecule has 2 aromatic rings. The molecule has 0 aromatic heterocycles. The van der Waals surface area contributed by atoms with E-state index in [1.54, 1.807) is 6.07 Å². The third-order valence-electron chi connectivity index (χ3n) is 3.15. The van der Waals surface area contributed by atoms with Crippen molar-refractivity contribution in [1.29, 1.82) is 0 Å². The van der Waals surface area contributed by atoms with Crippen LogP contribution in [0.2, 0.25) is 0 Å². The molecule has 19 heavy (non-hydrogen) atoms. The van der Waals surface area contributed by atoms with Gasteiger partial charge in [0.15, 0.2) is 0 Å². The summed E-state index contributed by atoms with van der Waals surface area (Å²) in [5.41, 5.74) is 10.2. The summed E-state index contributed by atoms with van der Waals surface area (Å²) in [6.45, 7) is 4.49. The Kier molecular flexibility index (Phi) is 3.85. The molecule has 2 rings (SSSR count). The van der Waals surface area contributed by atoms with E-state index in [1.165, 1.54) is 5.56 Å². The van der Waals surface area contributed by atoms with Crippen molar-refractivity contribution in [2.45, 2.75) is 20.4 Å². The highest BCUT2D eigenvalue weighted by Gasteiger charge is 2.09. The number of nitrogen functional groups attached to an aromatic ring is 1. The fourth-order valence-corrected chi connectivity index (χ4v) is 1.95. The van der Waals surface area contributed by atoms with Gasteiger partial charge in [0.05, 0.1) is 5.56 Å². The van der Waals surface area contributed by atoms with Crippen LogP contribution >= 0.6 is 0 Å². The first-order chi connectivity index (χ1) is 9.08. The summed E-state index contributed by atoms with van der Waals surface area (Å²) >= 11 is 0. The predicted molar refractivity (Wildman–Crippen MR) is 77.9 cm³/mol. The molecule has 0 saturated carbocycles. The van der Waals surface area contributed by atoms with E-state index >= 15 is 0 Å². The van der Waals surface area contributed by atoms with Crippen molar-refractivity contribution in [1.82, 2.24) is 5.32 Å². The molecule has 98 valence electrons. The molecule has 0 saturated heterocycles. The Morgan fingerprint density at radius 3 is 2.63 bits per heavy atom. The van der Waals surface area contributed by atoms with Crippen LogP contribution in [0.5, 0.6) is 0 Å². The number of benzene rings is 2. The maximum atomic E-state index is 12.1. The number of carbonyl (C=O) groups is 1. The maximum absolute atomic E-state index is 12.1. The highest BCUT2D eigenvalue weighted by Crippen LogP contribution is 2.14. The molecule has 2 aromatic carbocycles. The normalized spacial score (nSPS) is 10.2. The number of aryl methyl sites for hydroxylation is 2. The van der Waals surface area contributed by atoms with Crippen LogP contribution in [0.1, 0.15) is 27.0 Å². The number of hydrogen-bond donors (Lipinski definition) is 2. The largest absolute Gasteiger partial charge is 0.398 e. The molecule has 0 aliphatic carbocycles. The number of carbonyl (C=O) groups excluding carboxylic acids is 1. The summed E-state index contributed by atoms with van der Waals surface area (Å²) in [7, 11) is 0. The maximum Gasteiger partial charge on any atom is 0.253 e. The molecule has 0 unspecified atom stereocenters. The predicted octanol–water partition coefficient (Wildman–Crippen LogP) is 2.82. The van der Waals surface area contributed by atoms with E-state index in [0.717, 1.165) is 11.1 Å². The molecule has 3 heteroatoms. The molecule has 0 aliphatic heterocycles. The highest BCUT2D eigenvalue weighted by atomic mass is 16.1. The Hall–Kier alpha value is -2.29. The van der Waals surface area contributed by atoms with E-state index in [4.69, 9.17) is 5.73 Å². The lowest BCUT2D eigenvalue weighted by Gasteiger charge is -2.10. The Morgan fingerprint density at radius 1 is 1.16 bits per heavy atom. The average Bonchev–Trinajstić information content (AvgIpc) is 2.40. The molecular weight excluding hydrogens is 236 g/mol. The number of rotatable bonds is 3. The van der Waals surface area contributed by atoms with Crippen molar-refractivity contribution >= 4 is 11.6 Å². The second-order valence-corrected chi connectivity index (χ2v) is 4.70. The van der Waals surface area contributed by atoms with Crippen molar-refractivity contribution in [3.05, 3.63) is 64.7 Å². The average molecular weight is 254 g/mol. The second kappa shape index (κ2) is 5.57. The number of anilines is 1. The van der Waals surface area contributed by atoms with Gasteiger partial charge in [0.2, 0.25) is 0 Å². The quantitative estimate of drug-likeness (QED) is 0.827. The van der Waals surface area contributed by atoms with Gasteiger partial charge in [-0.2, -0.15) is 0 Å². The summed E-state index contributed by atoms with van der Waals surface area (Å²) in [6, 6.07) is 13.5. The monoisotopic (exact) mass is 254 g/mol. The van der Waals surface area contributed by atoms with Gasteiger partial charge in [-0.15, -0.1) is 0 Å². The van der Waals surface area contributed by atoms with Gasteiger partial charge >= 0.3 is 0 Å². The molecule has 0 bridgehead atoms. The molecule has 0 spiro atoms. The van der Waals surface area contributed by atoms with Crippen LogP contribution in [-0.4, -0.2) is 5.91 Å². The zero-order chi connectivity index (χ0) is 13.8. The fraction of sp³-hybridized carbons (Fsp3) is 0.188. The number of hydrogen-bond acceptors (Lipinski definition) is 2. The van der Waals surface area contributed by atoms with Crippen molar-refractivity contribution in [3.8, 4) is 0 Å². The summed E-state index contributed by atoms with van der Waals surface area (Å²) in [4.78, 5) is 12.1. The molecule has 0 aliphatic rings. The van der Waals surface area contributed by atoms with Gasteiger partial charge in [-0.05, 0) is 37.1 Å². The lowest BCUT2D eigenvalue weighted by atomic mass is 10.1. The van der Waals surface area contributed by atoms with Crippen LogP contribution in [0.3, 0.4) is 0 Å². The van der Waals surface area contributed by atoms with Crippen LogP contribution in [-0.2, 0) is 6.54 Å². The van der Waals surface area contributed by atoms with Gasteiger partial charge in [0, 0.05) is 12.2 Å². The van der Waals surface area contributed by atoms with E-state index in [1.807, 2.05) is 50.2 Å². The zero-order valence-corrected chi connectivity index (χ0v) is 11.2. The van der Waals surface area contributed by atoms with E-state index in [2.05, 4.69) is 5.32 Å². The van der Waals surface area contributed by atoms with Crippen LogP contribution in [0.4, 0.5) is 5.69 Å². The molecule has 3 N–H and O–H groups in total. The number of nitrogens with one attached hydrogen (secondary N) is 1. The second-order valence-electron chi connectivity index (χ2n) is 4.70. The third-order valence-corrected chi connectivity index (χ3v) is 3.15. The Labute approximate surface area is 113 Å². The Morgan fingerprint density at radius 2 is 1.89 bits per heavy atom. The smallest absolute Gasteiger partial charge is 0.253 e. The van der Waals surface area contributed by atoms with Crippen LogP contribution in [0.25, 0.3) is 0 Å². The Balaban J connectivity index is 2.10. The lowest BCUT2D eigenvalue weighted by Crippen LogP contribution is -2.24. The molecule has 3 nitrogen and oxygen atoms in total. The molecule has 0 fully saturated rings. The van der Waals surface area contributed by atoms with Gasteiger partial charge in [-0.1, -0.05) is 35.9 Å². The zero-order valence-electron chi connectivity index (χ0n) is 11.2. The first-order valence-electron chi connectivity index (χ1n) is 6.27. The van der Waals surface area contributed by atoms with E-state index < -0.39 is 0 Å². The minimum absolute atomic E-state index is 0.135. The Bertz CT molecular complexity index is 605. The third kappa shape index (κ3) is 3.13. The fourth-order valence-electron chi connectivity index (χ4n) is 1.95. The van der Waals surface area contributed by atoms with Gasteiger partial charge in [0.25, 0.3) is 5.91 Å². The topological polar surface area (TPSA) is 55.1 Å². The lowest BCUT2D eigenvalue weighted by molar-refractivity contribution is 0.0951. The van der Waals surface area contributed by atoms with Gasteiger partial charge in [0.1, 0.15) is 0 Å². The van der Waals surface area contributed by atoms with Crippen LogP contribution < -0.4 is 11.1 Å². The number of amides is 1. The molecular formula is C16H18N2O. The minimum atomic E-state index is -0.135. The number of nitrogens with two attached hydrogens (primary N) is 1. The summed E-state index contributed by atoms with van der Waals surface area (Å²) < 4.78 is 0. The summed E-state index contributed by atoms with van der Waals surface area (Å²) in [6.07, 6.45) is 0. The SMILES string of the molecule is Cc1ccc(N)c(C(=O)NCc2ccccc2C)c1. The molecule has 0 heterocycles. The molecule has 1 amide bonds. The summed E-state index contributed by atoms with van der Waals surface area (Å²) in [5, 5.41) is 2.91. The van der Waals surface area contributed by atoms with E-state index in [-0.39, 0.29) is 5.91 Å². The summed E-state index contributed by atoms with van der Waals surface area (Å²) in [5.74, 6) is -0.135. The first-order valence-corrected chi connectivity index (χ1v) is 6.27. The van der Waals surface area contributed by atoms with E-state index in [0.29, 0.717) is 17.8 Å². The first kappa shape index (κ1) is 13.1. The standard InChI is InChI=1S/C16H18N2O/c1-11-7-8-15(17)14(9-11)16(19)18-10-13-6-4-3-5-12(13)2/h3-9H,10,17H2,1-2H3,(H,18,19). The van der Waals surface area contributed by atoms with Crippen molar-refractivity contribution in [3.63, 3.8) is 0 Å².